The zero-order chi connectivity index (χ0) is 13.4. The average molecular weight is 267 g/mol. The molecule has 0 amide bonds. The van der Waals surface area contributed by atoms with Gasteiger partial charge in [-0.3, -0.25) is 0 Å². The lowest BCUT2D eigenvalue weighted by Gasteiger charge is -2.16. The molecule has 0 aliphatic carbocycles. The van der Waals surface area contributed by atoms with E-state index in [1.807, 2.05) is 6.07 Å². The number of hydrogen-bond donors (Lipinski definition) is 2. The third-order valence-corrected chi connectivity index (χ3v) is 2.46. The molecule has 0 aliphatic rings. The van der Waals surface area contributed by atoms with Crippen molar-refractivity contribution in [2.45, 2.75) is 6.42 Å². The molecule has 0 atom stereocenters. The van der Waals surface area contributed by atoms with E-state index in [1.165, 1.54) is 11.2 Å². The van der Waals surface area contributed by atoms with Gasteiger partial charge >= 0.3 is 0 Å². The highest BCUT2D eigenvalue weighted by Gasteiger charge is 2.03. The molecule has 1 aromatic rings. The maximum absolute atomic E-state index is 9.58. The van der Waals surface area contributed by atoms with E-state index in [9.17, 15) is 5.11 Å². The summed E-state index contributed by atoms with van der Waals surface area (Å²) in [5, 5.41) is 15.4. The second kappa shape index (κ2) is 7.62. The largest absolute Gasteiger partial charge is 0.507 e. The van der Waals surface area contributed by atoms with Crippen LogP contribution in [0.1, 0.15) is 12.0 Å². The molecule has 1 rings (SSSR count). The van der Waals surface area contributed by atoms with Gasteiger partial charge in [0.1, 0.15) is 5.75 Å². The van der Waals surface area contributed by atoms with Crippen LogP contribution < -0.4 is 5.73 Å². The number of aromatic hydroxyl groups is 1. The third-order valence-electron chi connectivity index (χ3n) is 2.25. The molecule has 18 heavy (non-hydrogen) atoms. The Kier molecular flexibility index (Phi) is 6.10. The summed E-state index contributed by atoms with van der Waals surface area (Å²) >= 11 is 4.90. The number of thiocarbonyl (C=S) groups is 1. The molecular weight excluding hydrogens is 250 g/mol. The van der Waals surface area contributed by atoms with Crippen LogP contribution in [0.15, 0.2) is 29.4 Å². The van der Waals surface area contributed by atoms with Crippen molar-refractivity contribution in [3.63, 3.8) is 0 Å². The molecule has 0 bridgehead atoms. The second-order valence-electron chi connectivity index (χ2n) is 3.61. The standard InChI is InChI=1S/C12H17N3O2S/c1-17-8-4-7-15(12(13)18)14-9-10-5-2-3-6-11(10)16/h2-3,5-6,9,16H,4,7-8H2,1H3,(H2,13,18)/b14-9+. The number of methoxy groups -OCH3 is 1. The first kappa shape index (κ1) is 14.4. The molecule has 0 unspecified atom stereocenters. The smallest absolute Gasteiger partial charge is 0.186 e. The van der Waals surface area contributed by atoms with Crippen LogP contribution in [-0.4, -0.2) is 41.7 Å². The minimum atomic E-state index is 0.168. The number of phenols is 1. The highest BCUT2D eigenvalue weighted by molar-refractivity contribution is 7.80. The summed E-state index contributed by atoms with van der Waals surface area (Å²) in [5.74, 6) is 0.168. The molecule has 0 saturated heterocycles. The number of hydrogen-bond acceptors (Lipinski definition) is 4. The van der Waals surface area contributed by atoms with Gasteiger partial charge in [-0.05, 0) is 30.8 Å². The van der Waals surface area contributed by atoms with Crippen LogP contribution in [0.25, 0.3) is 0 Å². The summed E-state index contributed by atoms with van der Waals surface area (Å²) in [7, 11) is 1.64. The number of phenolic OH excluding ortho intramolecular Hbond substituents is 1. The lowest BCUT2D eigenvalue weighted by molar-refractivity contribution is 0.187. The average Bonchev–Trinajstić information content (AvgIpc) is 2.35. The summed E-state index contributed by atoms with van der Waals surface area (Å²) in [6.07, 6.45) is 2.30. The molecule has 0 aliphatic heterocycles. The van der Waals surface area contributed by atoms with Crippen LogP contribution >= 0.6 is 12.2 Å². The van der Waals surface area contributed by atoms with Gasteiger partial charge in [-0.2, -0.15) is 5.10 Å². The minimum Gasteiger partial charge on any atom is -0.507 e. The van der Waals surface area contributed by atoms with E-state index in [-0.39, 0.29) is 10.9 Å². The van der Waals surface area contributed by atoms with Gasteiger partial charge in [0.2, 0.25) is 0 Å². The fraction of sp³-hybridized carbons (Fsp3) is 0.333. The van der Waals surface area contributed by atoms with Crippen LogP contribution in [-0.2, 0) is 4.74 Å². The Morgan fingerprint density at radius 2 is 2.28 bits per heavy atom. The van der Waals surface area contributed by atoms with E-state index in [1.54, 1.807) is 25.3 Å². The zero-order valence-electron chi connectivity index (χ0n) is 10.2. The summed E-state index contributed by atoms with van der Waals surface area (Å²) in [6, 6.07) is 6.91. The maximum Gasteiger partial charge on any atom is 0.186 e. The number of nitrogens with two attached hydrogens (primary N) is 1. The van der Waals surface area contributed by atoms with Crippen LogP contribution in [0.2, 0.25) is 0 Å². The molecule has 3 N–H and O–H groups in total. The van der Waals surface area contributed by atoms with Gasteiger partial charge in [-0.25, -0.2) is 5.01 Å². The number of benzene rings is 1. The molecule has 0 radical (unpaired) electrons. The molecule has 5 nitrogen and oxygen atoms in total. The normalized spacial score (nSPS) is 10.7. The van der Waals surface area contributed by atoms with Gasteiger partial charge in [0.15, 0.2) is 5.11 Å². The molecular formula is C12H17N3O2S. The number of para-hydroxylation sites is 1. The monoisotopic (exact) mass is 267 g/mol. The second-order valence-corrected chi connectivity index (χ2v) is 4.03. The Hall–Kier alpha value is -1.66. The molecule has 0 heterocycles. The minimum absolute atomic E-state index is 0.168. The predicted octanol–water partition coefficient (Wildman–Crippen LogP) is 1.31. The first-order valence-electron chi connectivity index (χ1n) is 5.53. The quantitative estimate of drug-likeness (QED) is 0.352. The van der Waals surface area contributed by atoms with Gasteiger partial charge in [0.25, 0.3) is 0 Å². The van der Waals surface area contributed by atoms with Crippen molar-refractivity contribution in [2.75, 3.05) is 20.3 Å². The number of hydrazone groups is 1. The fourth-order valence-corrected chi connectivity index (χ4v) is 1.45. The van der Waals surface area contributed by atoms with Crippen molar-refractivity contribution in [3.8, 4) is 5.75 Å². The Bertz CT molecular complexity index is 424. The van der Waals surface area contributed by atoms with Crippen LogP contribution in [0.3, 0.4) is 0 Å². The van der Waals surface area contributed by atoms with Gasteiger partial charge in [-0.15, -0.1) is 0 Å². The van der Waals surface area contributed by atoms with Crippen molar-refractivity contribution >= 4 is 23.5 Å². The summed E-state index contributed by atoms with van der Waals surface area (Å²) in [5.41, 5.74) is 6.18. The van der Waals surface area contributed by atoms with E-state index in [0.717, 1.165) is 6.42 Å². The van der Waals surface area contributed by atoms with Crippen LogP contribution in [0.5, 0.6) is 5.75 Å². The molecule has 0 saturated carbocycles. The zero-order valence-corrected chi connectivity index (χ0v) is 11.1. The van der Waals surface area contributed by atoms with Gasteiger partial charge in [0, 0.05) is 25.8 Å². The molecule has 6 heteroatoms. The first-order chi connectivity index (χ1) is 8.65. The fourth-order valence-electron chi connectivity index (χ4n) is 1.31. The van der Waals surface area contributed by atoms with E-state index >= 15 is 0 Å². The number of rotatable bonds is 6. The molecule has 0 aromatic heterocycles. The highest BCUT2D eigenvalue weighted by Crippen LogP contribution is 2.13. The highest BCUT2D eigenvalue weighted by atomic mass is 32.1. The number of nitrogens with zero attached hydrogens (tertiary/aromatic N) is 2. The molecule has 0 spiro atoms. The van der Waals surface area contributed by atoms with Gasteiger partial charge in [0.05, 0.1) is 6.21 Å². The van der Waals surface area contributed by atoms with Crippen molar-refractivity contribution in [3.05, 3.63) is 29.8 Å². The van der Waals surface area contributed by atoms with E-state index in [0.29, 0.717) is 18.7 Å². The van der Waals surface area contributed by atoms with Gasteiger partial charge < -0.3 is 15.6 Å². The van der Waals surface area contributed by atoms with Crippen molar-refractivity contribution < 1.29 is 9.84 Å². The van der Waals surface area contributed by atoms with E-state index in [2.05, 4.69) is 5.10 Å². The molecule has 1 aromatic carbocycles. The Balaban J connectivity index is 2.66. The topological polar surface area (TPSA) is 71.1 Å². The van der Waals surface area contributed by atoms with E-state index < -0.39 is 0 Å². The Morgan fingerprint density at radius 3 is 2.89 bits per heavy atom. The third kappa shape index (κ3) is 4.68. The van der Waals surface area contributed by atoms with Crippen molar-refractivity contribution in [1.82, 2.24) is 5.01 Å². The van der Waals surface area contributed by atoms with Gasteiger partial charge in [-0.1, -0.05) is 12.1 Å². The summed E-state index contributed by atoms with van der Waals surface area (Å²) < 4.78 is 4.95. The summed E-state index contributed by atoms with van der Waals surface area (Å²) in [6.45, 7) is 1.19. The van der Waals surface area contributed by atoms with E-state index in [4.69, 9.17) is 22.7 Å². The first-order valence-corrected chi connectivity index (χ1v) is 5.94. The van der Waals surface area contributed by atoms with Crippen molar-refractivity contribution in [1.29, 1.82) is 0 Å². The maximum atomic E-state index is 9.58. The lowest BCUT2D eigenvalue weighted by atomic mass is 10.2. The molecule has 0 fully saturated rings. The predicted molar refractivity (Wildman–Crippen MR) is 75.7 cm³/mol. The van der Waals surface area contributed by atoms with Crippen LogP contribution in [0.4, 0.5) is 0 Å². The van der Waals surface area contributed by atoms with Crippen LogP contribution in [0, 0.1) is 0 Å². The Labute approximate surface area is 112 Å². The lowest BCUT2D eigenvalue weighted by Crippen LogP contribution is -2.32. The number of ether oxygens (including phenoxy) is 1. The Morgan fingerprint density at radius 1 is 1.56 bits per heavy atom. The SMILES string of the molecule is COCCCN(/N=C/c1ccccc1O)C(N)=S. The summed E-state index contributed by atoms with van der Waals surface area (Å²) in [4.78, 5) is 0. The van der Waals surface area contributed by atoms with Crippen molar-refractivity contribution in [2.24, 2.45) is 10.8 Å². The molecule has 98 valence electrons.